The van der Waals surface area contributed by atoms with Crippen molar-refractivity contribution < 1.29 is 29.0 Å². The molecule has 2 saturated heterocycles. The average Bonchev–Trinajstić information content (AvgIpc) is 3.33. The molecule has 2 heterocycles. The number of alkyl halides is 1. The Morgan fingerprint density at radius 1 is 0.743 bits per heavy atom. The van der Waals surface area contributed by atoms with Crippen molar-refractivity contribution in [3.63, 3.8) is 0 Å². The third-order valence-corrected chi connectivity index (χ3v) is 6.00. The molecule has 0 aliphatic carbocycles. The van der Waals surface area contributed by atoms with Gasteiger partial charge in [-0.1, -0.05) is 15.9 Å². The average molecular weight is 547 g/mol. The van der Waals surface area contributed by atoms with Crippen LogP contribution in [-0.2, 0) is 24.5 Å². The predicted octanol–water partition coefficient (Wildman–Crippen LogP) is 3.70. The number of carbonyl (C=O) groups excluding carboxylic acids is 4. The maximum Gasteiger partial charge on any atom is 0.269 e. The van der Waals surface area contributed by atoms with Crippen LogP contribution in [0.5, 0.6) is 0 Å². The van der Waals surface area contributed by atoms with Crippen molar-refractivity contribution in [1.82, 2.24) is 0 Å². The van der Waals surface area contributed by atoms with Crippen LogP contribution in [0.3, 0.4) is 0 Å². The summed E-state index contributed by atoms with van der Waals surface area (Å²) in [5, 5.41) is 21.6. The molecular formula is C22H19BrN4O8. The number of carbonyl (C=O) groups is 4. The lowest BCUT2D eigenvalue weighted by molar-refractivity contribution is -0.385. The quantitative estimate of drug-likeness (QED) is 0.237. The van der Waals surface area contributed by atoms with E-state index in [-0.39, 0.29) is 60.7 Å². The van der Waals surface area contributed by atoms with Crippen LogP contribution < -0.4 is 9.80 Å². The smallest absolute Gasteiger partial charge is 0.269 e. The Labute approximate surface area is 206 Å². The van der Waals surface area contributed by atoms with Crippen LogP contribution in [0, 0.1) is 27.2 Å². The summed E-state index contributed by atoms with van der Waals surface area (Å²) in [5.41, 5.74) is 1.83. The van der Waals surface area contributed by atoms with Crippen molar-refractivity contribution in [2.24, 2.45) is 0 Å². The van der Waals surface area contributed by atoms with Gasteiger partial charge in [0.1, 0.15) is 0 Å². The van der Waals surface area contributed by atoms with E-state index in [9.17, 15) is 39.4 Å². The van der Waals surface area contributed by atoms with Crippen molar-refractivity contribution >= 4 is 62.3 Å². The fourth-order valence-corrected chi connectivity index (χ4v) is 4.15. The van der Waals surface area contributed by atoms with Crippen LogP contribution in [0.1, 0.15) is 36.8 Å². The Morgan fingerprint density at radius 3 is 1.54 bits per heavy atom. The molecule has 2 aliphatic heterocycles. The first-order valence-corrected chi connectivity index (χ1v) is 11.5. The maximum atomic E-state index is 11.6. The van der Waals surface area contributed by atoms with Gasteiger partial charge in [-0.25, -0.2) is 0 Å². The first-order chi connectivity index (χ1) is 16.5. The van der Waals surface area contributed by atoms with Crippen LogP contribution >= 0.6 is 15.9 Å². The summed E-state index contributed by atoms with van der Waals surface area (Å²) >= 11 is 3.21. The van der Waals surface area contributed by atoms with Crippen LogP contribution in [0.4, 0.5) is 22.7 Å². The number of anilines is 2. The van der Waals surface area contributed by atoms with Crippen molar-refractivity contribution in [3.05, 3.63) is 67.8 Å². The summed E-state index contributed by atoms with van der Waals surface area (Å²) in [6, 6.07) is 8.18. The molecule has 35 heavy (non-hydrogen) atoms. The Balaban J connectivity index is 0.000000196. The van der Waals surface area contributed by atoms with Gasteiger partial charge in [0.25, 0.3) is 11.4 Å². The number of amides is 4. The van der Waals surface area contributed by atoms with E-state index in [4.69, 9.17) is 0 Å². The topological polar surface area (TPSA) is 161 Å². The standard InChI is InChI=1S/C11H9BrN2O4.C11H10N2O4/c12-6-7-5-8(14(17)18)1-2-9(7)13-10(15)3-4-11(13)16;1-7-6-8(13(16)17)2-3-9(7)12-10(14)4-5-11(12)15/h1-2,5H,3-4,6H2;2-3,6H,4-5H2,1H3. The number of imide groups is 2. The number of nitrogens with zero attached hydrogens (tertiary/aromatic N) is 4. The second-order valence-corrected chi connectivity index (χ2v) is 8.24. The van der Waals surface area contributed by atoms with Crippen molar-refractivity contribution in [2.45, 2.75) is 37.9 Å². The largest absolute Gasteiger partial charge is 0.274 e. The molecule has 13 heteroatoms. The van der Waals surface area contributed by atoms with E-state index in [1.165, 1.54) is 36.4 Å². The normalized spacial score (nSPS) is 15.4. The third-order valence-electron chi connectivity index (χ3n) is 5.39. The summed E-state index contributed by atoms with van der Waals surface area (Å²) in [5.74, 6) is -1.05. The molecule has 0 atom stereocenters. The zero-order chi connectivity index (χ0) is 25.9. The number of nitro groups is 2. The van der Waals surface area contributed by atoms with Gasteiger partial charge in [0.15, 0.2) is 0 Å². The van der Waals surface area contributed by atoms with E-state index in [2.05, 4.69) is 15.9 Å². The predicted molar refractivity (Wildman–Crippen MR) is 127 cm³/mol. The molecule has 2 fully saturated rings. The van der Waals surface area contributed by atoms with Gasteiger partial charge in [0.2, 0.25) is 23.6 Å². The minimum atomic E-state index is -0.510. The fraction of sp³-hybridized carbons (Fsp3) is 0.273. The van der Waals surface area contributed by atoms with Gasteiger partial charge < -0.3 is 0 Å². The minimum Gasteiger partial charge on any atom is -0.274 e. The van der Waals surface area contributed by atoms with E-state index in [1.54, 1.807) is 6.92 Å². The monoisotopic (exact) mass is 546 g/mol. The summed E-state index contributed by atoms with van der Waals surface area (Å²) in [4.78, 5) is 68.7. The second kappa shape index (κ2) is 10.5. The first kappa shape index (κ1) is 25.6. The lowest BCUT2D eigenvalue weighted by Gasteiger charge is -2.16. The molecule has 0 spiro atoms. The van der Waals surface area contributed by atoms with Gasteiger partial charge in [0, 0.05) is 55.3 Å². The zero-order valence-corrected chi connectivity index (χ0v) is 20.0. The SMILES string of the molecule is Cc1cc([N+](=O)[O-])ccc1N1C(=O)CCC1=O.O=C1CCC(=O)N1c1ccc([N+](=O)[O-])cc1CBr. The molecule has 4 rings (SSSR count). The van der Waals surface area contributed by atoms with Crippen LogP contribution in [0.2, 0.25) is 0 Å². The van der Waals surface area contributed by atoms with Gasteiger partial charge in [-0.15, -0.1) is 0 Å². The summed E-state index contributed by atoms with van der Waals surface area (Å²) in [6.07, 6.45) is 0.791. The Bertz CT molecular complexity index is 1230. The highest BCUT2D eigenvalue weighted by molar-refractivity contribution is 9.08. The highest BCUT2D eigenvalue weighted by Crippen LogP contribution is 2.31. The molecule has 0 unspecified atom stereocenters. The number of halogens is 1. The molecule has 0 radical (unpaired) electrons. The summed E-state index contributed by atoms with van der Waals surface area (Å²) < 4.78 is 0. The first-order valence-electron chi connectivity index (χ1n) is 10.3. The summed E-state index contributed by atoms with van der Waals surface area (Å²) in [7, 11) is 0. The third kappa shape index (κ3) is 5.40. The number of nitro benzene ring substituents is 2. The van der Waals surface area contributed by atoms with Crippen LogP contribution in [-0.4, -0.2) is 33.5 Å². The molecule has 2 aliphatic rings. The molecule has 182 valence electrons. The number of rotatable bonds is 5. The summed E-state index contributed by atoms with van der Waals surface area (Å²) in [6.45, 7) is 1.64. The second-order valence-electron chi connectivity index (χ2n) is 7.68. The maximum absolute atomic E-state index is 11.6. The van der Waals surface area contributed by atoms with Gasteiger partial charge in [-0.3, -0.25) is 49.2 Å². The molecule has 0 bridgehead atoms. The van der Waals surface area contributed by atoms with Gasteiger partial charge in [-0.2, -0.15) is 0 Å². The van der Waals surface area contributed by atoms with Gasteiger partial charge in [0.05, 0.1) is 21.2 Å². The number of hydrogen-bond donors (Lipinski definition) is 0. The Morgan fingerprint density at radius 2 is 1.14 bits per heavy atom. The number of benzene rings is 2. The molecule has 12 nitrogen and oxygen atoms in total. The van der Waals surface area contributed by atoms with Crippen molar-refractivity contribution in [3.8, 4) is 0 Å². The van der Waals surface area contributed by atoms with Crippen molar-refractivity contribution in [2.75, 3.05) is 9.80 Å². The lowest BCUT2D eigenvalue weighted by atomic mass is 10.1. The molecule has 2 aromatic rings. The molecule has 0 saturated carbocycles. The minimum absolute atomic E-state index is 0.0506. The van der Waals surface area contributed by atoms with E-state index in [0.717, 1.165) is 9.80 Å². The Kier molecular flexibility index (Phi) is 7.69. The van der Waals surface area contributed by atoms with Gasteiger partial charge in [-0.05, 0) is 30.2 Å². The van der Waals surface area contributed by atoms with E-state index >= 15 is 0 Å². The van der Waals surface area contributed by atoms with Crippen LogP contribution in [0.25, 0.3) is 0 Å². The molecule has 0 aromatic heterocycles. The van der Waals surface area contributed by atoms with E-state index in [0.29, 0.717) is 27.8 Å². The fourth-order valence-electron chi connectivity index (χ4n) is 3.71. The van der Waals surface area contributed by atoms with E-state index in [1.807, 2.05) is 0 Å². The Hall–Kier alpha value is -4.00. The number of non-ortho nitro benzene ring substituents is 2. The number of hydrogen-bond acceptors (Lipinski definition) is 8. The van der Waals surface area contributed by atoms with E-state index < -0.39 is 9.85 Å². The van der Waals surface area contributed by atoms with Gasteiger partial charge >= 0.3 is 0 Å². The highest BCUT2D eigenvalue weighted by Gasteiger charge is 2.33. The lowest BCUT2D eigenvalue weighted by Crippen LogP contribution is -2.29. The molecular weight excluding hydrogens is 528 g/mol. The molecule has 2 aromatic carbocycles. The number of aryl methyl sites for hydroxylation is 1. The molecule has 0 N–H and O–H groups in total. The van der Waals surface area contributed by atoms with Crippen molar-refractivity contribution in [1.29, 1.82) is 0 Å². The zero-order valence-electron chi connectivity index (χ0n) is 18.4. The highest BCUT2D eigenvalue weighted by atomic mass is 79.9. The van der Waals surface area contributed by atoms with Crippen LogP contribution in [0.15, 0.2) is 36.4 Å². The molecule has 4 amide bonds.